The second-order valence-electron chi connectivity index (χ2n) is 4.19. The van der Waals surface area contributed by atoms with Gasteiger partial charge in [0.25, 0.3) is 0 Å². The van der Waals surface area contributed by atoms with Crippen LogP contribution in [0.25, 0.3) is 0 Å². The van der Waals surface area contributed by atoms with Crippen LogP contribution >= 0.6 is 8.37 Å². The third-order valence-electron chi connectivity index (χ3n) is 3.26. The Morgan fingerprint density at radius 1 is 0.538 bits per heavy atom. The minimum atomic E-state index is 0.0158. The van der Waals surface area contributed by atoms with Crippen molar-refractivity contribution in [3.05, 3.63) is 0 Å². The van der Waals surface area contributed by atoms with Crippen LogP contribution in [0.1, 0.15) is 19.3 Å². The molecule has 3 nitrogen and oxygen atoms in total. The predicted octanol–water partition coefficient (Wildman–Crippen LogP) is 1.33. The first-order valence-electron chi connectivity index (χ1n) is 5.50. The molecule has 0 bridgehead atoms. The third kappa shape index (κ3) is 1.42. The van der Waals surface area contributed by atoms with E-state index in [2.05, 4.69) is 14.0 Å². The van der Waals surface area contributed by atoms with Crippen molar-refractivity contribution in [1.29, 1.82) is 0 Å². The van der Waals surface area contributed by atoms with Gasteiger partial charge in [-0.2, -0.15) is 0 Å². The smallest absolute Gasteiger partial charge is 0.120 e. The van der Waals surface area contributed by atoms with Gasteiger partial charge in [0, 0.05) is 39.3 Å². The molecule has 0 N–H and O–H groups in total. The maximum absolute atomic E-state index is 2.70. The van der Waals surface area contributed by atoms with E-state index in [9.17, 15) is 0 Å². The molecule has 0 saturated carbocycles. The summed E-state index contributed by atoms with van der Waals surface area (Å²) in [5.74, 6) is 0. The number of nitrogens with zero attached hydrogens (tertiary/aromatic N) is 3. The second-order valence-corrected chi connectivity index (χ2v) is 6.42. The molecule has 0 radical (unpaired) electrons. The molecular formula is C9H18N3P. The first-order valence-corrected chi connectivity index (χ1v) is 6.70. The second kappa shape index (κ2) is 3.47. The van der Waals surface area contributed by atoms with Crippen molar-refractivity contribution in [2.45, 2.75) is 19.3 Å². The number of hydrogen-bond donors (Lipinski definition) is 0. The molecule has 0 amide bonds. The van der Waals surface area contributed by atoms with Crippen LogP contribution in [-0.4, -0.2) is 53.3 Å². The summed E-state index contributed by atoms with van der Waals surface area (Å²) >= 11 is 0. The Hall–Kier alpha value is 0.310. The highest BCUT2D eigenvalue weighted by atomic mass is 31.2. The molecular weight excluding hydrogens is 181 g/mol. The summed E-state index contributed by atoms with van der Waals surface area (Å²) in [5.41, 5.74) is 0. The van der Waals surface area contributed by atoms with Gasteiger partial charge in [0.1, 0.15) is 8.37 Å². The summed E-state index contributed by atoms with van der Waals surface area (Å²) in [6, 6.07) is 0. The van der Waals surface area contributed by atoms with E-state index >= 15 is 0 Å². The number of hydrogen-bond acceptors (Lipinski definition) is 3. The molecule has 0 aromatic heterocycles. The molecule has 74 valence electrons. The van der Waals surface area contributed by atoms with Crippen LogP contribution in [0.15, 0.2) is 0 Å². The zero-order valence-electron chi connectivity index (χ0n) is 8.15. The Labute approximate surface area is 81.6 Å². The molecule has 3 aliphatic rings. The molecule has 4 heteroatoms. The van der Waals surface area contributed by atoms with E-state index in [4.69, 9.17) is 0 Å². The van der Waals surface area contributed by atoms with Gasteiger partial charge in [-0.15, -0.1) is 0 Å². The van der Waals surface area contributed by atoms with Crippen LogP contribution in [0.5, 0.6) is 0 Å². The molecule has 0 atom stereocenters. The fraction of sp³-hybridized carbons (Fsp3) is 1.00. The van der Waals surface area contributed by atoms with Crippen LogP contribution in [0.4, 0.5) is 0 Å². The Balaban J connectivity index is 1.64. The fourth-order valence-electron chi connectivity index (χ4n) is 1.97. The zero-order chi connectivity index (χ0) is 8.67. The Morgan fingerprint density at radius 3 is 1.00 bits per heavy atom. The lowest BCUT2D eigenvalue weighted by atomic mass is 10.3. The highest BCUT2D eigenvalue weighted by Gasteiger charge is 2.38. The van der Waals surface area contributed by atoms with E-state index in [-0.39, 0.29) is 8.37 Å². The maximum Gasteiger partial charge on any atom is 0.120 e. The summed E-state index contributed by atoms with van der Waals surface area (Å²) in [4.78, 5) is 0. The molecule has 3 fully saturated rings. The van der Waals surface area contributed by atoms with Crippen LogP contribution in [0, 0.1) is 0 Å². The highest BCUT2D eigenvalue weighted by molar-refractivity contribution is 7.50. The summed E-state index contributed by atoms with van der Waals surface area (Å²) in [6.07, 6.45) is 4.29. The van der Waals surface area contributed by atoms with Crippen molar-refractivity contribution in [2.24, 2.45) is 0 Å². The largest absolute Gasteiger partial charge is 0.257 e. The standard InChI is InChI=1S/C9H18N3P/c1-4-10(5-1)13(11-6-2-7-11)12-8-3-9-12/h1-9H2. The van der Waals surface area contributed by atoms with Gasteiger partial charge in [0.2, 0.25) is 0 Å². The molecule has 3 saturated heterocycles. The van der Waals surface area contributed by atoms with Gasteiger partial charge in [-0.25, -0.2) is 0 Å². The van der Waals surface area contributed by atoms with Crippen LogP contribution < -0.4 is 0 Å². The lowest BCUT2D eigenvalue weighted by molar-refractivity contribution is 0.204. The predicted molar refractivity (Wildman–Crippen MR) is 55.5 cm³/mol. The molecule has 3 rings (SSSR count). The minimum Gasteiger partial charge on any atom is -0.257 e. The normalized spacial score (nSPS) is 31.2. The Kier molecular flexibility index (Phi) is 2.30. The number of rotatable bonds is 3. The topological polar surface area (TPSA) is 9.72 Å². The van der Waals surface area contributed by atoms with Crippen LogP contribution in [0.3, 0.4) is 0 Å². The average molecular weight is 199 g/mol. The Bertz CT molecular complexity index is 154. The molecule has 0 unspecified atom stereocenters. The van der Waals surface area contributed by atoms with Crippen LogP contribution in [-0.2, 0) is 0 Å². The van der Waals surface area contributed by atoms with Crippen molar-refractivity contribution in [1.82, 2.24) is 14.0 Å². The minimum absolute atomic E-state index is 0.0158. The van der Waals surface area contributed by atoms with Crippen LogP contribution in [0.2, 0.25) is 0 Å². The molecule has 0 aromatic carbocycles. The molecule has 13 heavy (non-hydrogen) atoms. The van der Waals surface area contributed by atoms with E-state index in [0.717, 1.165) is 0 Å². The summed E-state index contributed by atoms with van der Waals surface area (Å²) < 4.78 is 8.11. The van der Waals surface area contributed by atoms with Crippen molar-refractivity contribution in [3.8, 4) is 0 Å². The maximum atomic E-state index is 2.70. The van der Waals surface area contributed by atoms with Gasteiger partial charge < -0.3 is 0 Å². The molecule has 0 spiro atoms. The van der Waals surface area contributed by atoms with Crippen molar-refractivity contribution >= 4 is 8.37 Å². The quantitative estimate of drug-likeness (QED) is 0.635. The summed E-state index contributed by atoms with van der Waals surface area (Å²) in [7, 11) is 0.0158. The summed E-state index contributed by atoms with van der Waals surface area (Å²) in [6.45, 7) is 8.16. The van der Waals surface area contributed by atoms with E-state index in [1.807, 2.05) is 0 Å². The SMILES string of the molecule is C1CN(P(N2CCC2)N2CCC2)C1. The van der Waals surface area contributed by atoms with Gasteiger partial charge >= 0.3 is 0 Å². The zero-order valence-corrected chi connectivity index (χ0v) is 9.05. The first kappa shape index (κ1) is 8.60. The monoisotopic (exact) mass is 199 g/mol. The molecule has 0 aliphatic carbocycles. The molecule has 3 aliphatic heterocycles. The molecule has 0 aromatic rings. The average Bonchev–Trinajstić information content (AvgIpc) is 1.73. The van der Waals surface area contributed by atoms with Crippen molar-refractivity contribution in [3.63, 3.8) is 0 Å². The van der Waals surface area contributed by atoms with Gasteiger partial charge in [-0.05, 0) is 19.3 Å². The van der Waals surface area contributed by atoms with Gasteiger partial charge in [-0.1, -0.05) is 0 Å². The van der Waals surface area contributed by atoms with Crippen molar-refractivity contribution < 1.29 is 0 Å². The van der Waals surface area contributed by atoms with E-state index < -0.39 is 0 Å². The highest BCUT2D eigenvalue weighted by Crippen LogP contribution is 2.54. The molecule has 3 heterocycles. The van der Waals surface area contributed by atoms with Gasteiger partial charge in [0.15, 0.2) is 0 Å². The van der Waals surface area contributed by atoms with Gasteiger partial charge in [-0.3, -0.25) is 14.0 Å². The van der Waals surface area contributed by atoms with E-state index in [1.54, 1.807) is 0 Å². The third-order valence-corrected chi connectivity index (χ3v) is 5.97. The van der Waals surface area contributed by atoms with Gasteiger partial charge in [0.05, 0.1) is 0 Å². The van der Waals surface area contributed by atoms with E-state index in [1.165, 1.54) is 58.5 Å². The Morgan fingerprint density at radius 2 is 0.846 bits per heavy atom. The lowest BCUT2D eigenvalue weighted by Crippen LogP contribution is -2.50. The lowest BCUT2D eigenvalue weighted by Gasteiger charge is -2.53. The fourth-order valence-corrected chi connectivity index (χ4v) is 4.97. The summed E-state index contributed by atoms with van der Waals surface area (Å²) in [5, 5.41) is 0. The first-order chi connectivity index (χ1) is 6.45. The van der Waals surface area contributed by atoms with Crippen molar-refractivity contribution in [2.75, 3.05) is 39.3 Å². The van der Waals surface area contributed by atoms with E-state index in [0.29, 0.717) is 0 Å².